The molecule has 0 aliphatic carbocycles. The summed E-state index contributed by atoms with van der Waals surface area (Å²) >= 11 is 6.27. The number of hydrogen-bond acceptors (Lipinski definition) is 5. The Kier molecular flexibility index (Phi) is 6.38. The summed E-state index contributed by atoms with van der Waals surface area (Å²) in [6.45, 7) is 1.95. The van der Waals surface area contributed by atoms with Gasteiger partial charge in [-0.1, -0.05) is 54.1 Å². The molecule has 168 valence electrons. The van der Waals surface area contributed by atoms with E-state index in [1.165, 1.54) is 12.0 Å². The van der Waals surface area contributed by atoms with Gasteiger partial charge in [0.15, 0.2) is 11.5 Å². The molecule has 0 bridgehead atoms. The number of nitrogens with one attached hydrogen (secondary N) is 1. The minimum absolute atomic E-state index is 0.0913. The first kappa shape index (κ1) is 22.4. The third-order valence-electron chi connectivity index (χ3n) is 5.55. The molecule has 2 amide bonds. The summed E-state index contributed by atoms with van der Waals surface area (Å²) in [6, 6.07) is 19.9. The van der Waals surface area contributed by atoms with E-state index in [-0.39, 0.29) is 18.1 Å². The van der Waals surface area contributed by atoms with Crippen molar-refractivity contribution in [3.8, 4) is 11.5 Å². The molecular weight excluding hydrogens is 440 g/mol. The van der Waals surface area contributed by atoms with Crippen LogP contribution in [-0.4, -0.2) is 30.9 Å². The van der Waals surface area contributed by atoms with Gasteiger partial charge in [0.2, 0.25) is 0 Å². The average molecular weight is 463 g/mol. The molecule has 3 aromatic carbocycles. The van der Waals surface area contributed by atoms with Gasteiger partial charge in [-0.3, -0.25) is 14.5 Å². The molecule has 1 N–H and O–H groups in total. The standard InChI is InChI=1S/C26H23ClN2O4/c1-16-19(27)10-7-11-20(16)28-24-23(18-8-5-4-6-9-18)25(30)29(26(24)31)15-17-12-13-21(32-2)22(14-17)33-3/h4-14,28H,15H2,1-3H3. The van der Waals surface area contributed by atoms with Crippen molar-refractivity contribution in [2.24, 2.45) is 0 Å². The number of imide groups is 1. The zero-order valence-corrected chi connectivity index (χ0v) is 19.3. The second-order valence-corrected chi connectivity index (χ2v) is 7.95. The molecule has 1 aliphatic heterocycles. The fraction of sp³-hybridized carbons (Fsp3) is 0.154. The number of amides is 2. The molecule has 0 radical (unpaired) electrons. The van der Waals surface area contributed by atoms with Crippen LogP contribution in [-0.2, 0) is 16.1 Å². The zero-order chi connectivity index (χ0) is 23.5. The van der Waals surface area contributed by atoms with E-state index < -0.39 is 5.91 Å². The molecule has 0 spiro atoms. The number of carbonyl (C=O) groups excluding carboxylic acids is 2. The van der Waals surface area contributed by atoms with Gasteiger partial charge in [0, 0.05) is 10.7 Å². The minimum atomic E-state index is -0.409. The number of carbonyl (C=O) groups is 2. The van der Waals surface area contributed by atoms with Crippen LogP contribution in [0, 0.1) is 6.92 Å². The highest BCUT2D eigenvalue weighted by molar-refractivity contribution is 6.36. The number of nitrogens with zero attached hydrogens (tertiary/aromatic N) is 1. The van der Waals surface area contributed by atoms with Gasteiger partial charge < -0.3 is 14.8 Å². The smallest absolute Gasteiger partial charge is 0.278 e. The van der Waals surface area contributed by atoms with Crippen LogP contribution >= 0.6 is 11.6 Å². The van der Waals surface area contributed by atoms with Gasteiger partial charge in [0.25, 0.3) is 11.8 Å². The molecule has 7 heteroatoms. The SMILES string of the molecule is COc1ccc(CN2C(=O)C(Nc3cccc(Cl)c3C)=C(c3ccccc3)C2=O)cc1OC. The van der Waals surface area contributed by atoms with Gasteiger partial charge >= 0.3 is 0 Å². The van der Waals surface area contributed by atoms with Crippen molar-refractivity contribution >= 4 is 34.7 Å². The number of anilines is 1. The van der Waals surface area contributed by atoms with Crippen LogP contribution < -0.4 is 14.8 Å². The predicted octanol–water partition coefficient (Wildman–Crippen LogP) is 5.06. The van der Waals surface area contributed by atoms with E-state index in [2.05, 4.69) is 5.32 Å². The van der Waals surface area contributed by atoms with E-state index in [4.69, 9.17) is 21.1 Å². The number of hydrogen-bond donors (Lipinski definition) is 1. The van der Waals surface area contributed by atoms with E-state index in [1.807, 2.05) is 43.3 Å². The first-order chi connectivity index (χ1) is 15.9. The Morgan fingerprint density at radius 2 is 1.61 bits per heavy atom. The van der Waals surface area contributed by atoms with Crippen LogP contribution in [0.4, 0.5) is 5.69 Å². The number of rotatable bonds is 7. The monoisotopic (exact) mass is 462 g/mol. The summed E-state index contributed by atoms with van der Waals surface area (Å²) in [4.78, 5) is 28.2. The molecule has 0 atom stereocenters. The lowest BCUT2D eigenvalue weighted by molar-refractivity contribution is -0.137. The van der Waals surface area contributed by atoms with Crippen LogP contribution in [0.15, 0.2) is 72.4 Å². The summed E-state index contributed by atoms with van der Waals surface area (Å²) in [5, 5.41) is 3.74. The Morgan fingerprint density at radius 1 is 0.879 bits per heavy atom. The summed E-state index contributed by atoms with van der Waals surface area (Å²) in [5.41, 5.74) is 3.39. The van der Waals surface area contributed by atoms with Crippen molar-refractivity contribution < 1.29 is 19.1 Å². The number of ether oxygens (including phenoxy) is 2. The molecular formula is C26H23ClN2O4. The lowest BCUT2D eigenvalue weighted by atomic mass is 10.0. The topological polar surface area (TPSA) is 67.9 Å². The molecule has 1 aliphatic rings. The van der Waals surface area contributed by atoms with Crippen LogP contribution in [0.1, 0.15) is 16.7 Å². The number of benzene rings is 3. The maximum atomic E-state index is 13.5. The van der Waals surface area contributed by atoms with E-state index >= 15 is 0 Å². The molecule has 3 aromatic rings. The second-order valence-electron chi connectivity index (χ2n) is 7.54. The Balaban J connectivity index is 1.73. The summed E-state index contributed by atoms with van der Waals surface area (Å²) in [6.07, 6.45) is 0. The van der Waals surface area contributed by atoms with E-state index in [9.17, 15) is 9.59 Å². The van der Waals surface area contributed by atoms with Crippen LogP contribution in [0.3, 0.4) is 0 Å². The highest BCUT2D eigenvalue weighted by atomic mass is 35.5. The van der Waals surface area contributed by atoms with Gasteiger partial charge in [-0.05, 0) is 47.9 Å². The Labute approximate surface area is 197 Å². The van der Waals surface area contributed by atoms with E-state index in [0.717, 1.165) is 11.1 Å². The Bertz CT molecular complexity index is 1250. The molecule has 0 saturated carbocycles. The first-order valence-corrected chi connectivity index (χ1v) is 10.7. The number of methoxy groups -OCH3 is 2. The van der Waals surface area contributed by atoms with Crippen molar-refractivity contribution in [3.63, 3.8) is 0 Å². The van der Waals surface area contributed by atoms with E-state index in [0.29, 0.717) is 33.3 Å². The van der Waals surface area contributed by atoms with Crippen molar-refractivity contribution in [1.82, 2.24) is 4.90 Å². The van der Waals surface area contributed by atoms with Gasteiger partial charge in [0.1, 0.15) is 5.70 Å². The largest absolute Gasteiger partial charge is 0.493 e. The van der Waals surface area contributed by atoms with Gasteiger partial charge in [0.05, 0.1) is 26.3 Å². The van der Waals surface area contributed by atoms with Crippen molar-refractivity contribution in [2.45, 2.75) is 13.5 Å². The fourth-order valence-corrected chi connectivity index (χ4v) is 3.92. The maximum absolute atomic E-state index is 13.5. The molecule has 1 heterocycles. The summed E-state index contributed by atoms with van der Waals surface area (Å²) < 4.78 is 10.6. The van der Waals surface area contributed by atoms with Gasteiger partial charge in [-0.15, -0.1) is 0 Å². The molecule has 0 aromatic heterocycles. The zero-order valence-electron chi connectivity index (χ0n) is 18.5. The highest BCUT2D eigenvalue weighted by Gasteiger charge is 2.39. The van der Waals surface area contributed by atoms with E-state index in [1.54, 1.807) is 37.4 Å². The summed E-state index contributed by atoms with van der Waals surface area (Å²) in [7, 11) is 3.09. The van der Waals surface area contributed by atoms with Crippen LogP contribution in [0.25, 0.3) is 5.57 Å². The molecule has 33 heavy (non-hydrogen) atoms. The Morgan fingerprint density at radius 3 is 2.30 bits per heavy atom. The van der Waals surface area contributed by atoms with Gasteiger partial charge in [-0.25, -0.2) is 0 Å². The predicted molar refractivity (Wildman–Crippen MR) is 128 cm³/mol. The Hall–Kier alpha value is -3.77. The maximum Gasteiger partial charge on any atom is 0.278 e. The lowest BCUT2D eigenvalue weighted by Crippen LogP contribution is -2.32. The minimum Gasteiger partial charge on any atom is -0.493 e. The third-order valence-corrected chi connectivity index (χ3v) is 5.96. The normalized spacial score (nSPS) is 13.5. The number of halogens is 1. The molecule has 6 nitrogen and oxygen atoms in total. The highest BCUT2D eigenvalue weighted by Crippen LogP contribution is 2.34. The molecule has 0 fully saturated rings. The molecule has 0 saturated heterocycles. The van der Waals surface area contributed by atoms with Crippen LogP contribution in [0.2, 0.25) is 5.02 Å². The lowest BCUT2D eigenvalue weighted by Gasteiger charge is -2.17. The first-order valence-electron chi connectivity index (χ1n) is 10.3. The molecule has 4 rings (SSSR count). The van der Waals surface area contributed by atoms with Crippen molar-refractivity contribution in [2.75, 3.05) is 19.5 Å². The van der Waals surface area contributed by atoms with Crippen molar-refractivity contribution in [3.05, 3.63) is 94.1 Å². The third kappa shape index (κ3) is 4.30. The van der Waals surface area contributed by atoms with Crippen LogP contribution in [0.5, 0.6) is 11.5 Å². The molecule has 0 unspecified atom stereocenters. The fourth-order valence-electron chi connectivity index (χ4n) is 3.75. The summed E-state index contributed by atoms with van der Waals surface area (Å²) in [5.74, 6) is 0.316. The quantitative estimate of drug-likeness (QED) is 0.497. The average Bonchev–Trinajstić information content (AvgIpc) is 3.06. The van der Waals surface area contributed by atoms with Gasteiger partial charge in [-0.2, -0.15) is 0 Å². The van der Waals surface area contributed by atoms with Crippen molar-refractivity contribution in [1.29, 1.82) is 0 Å². The second kappa shape index (κ2) is 9.38.